The quantitative estimate of drug-likeness (QED) is 0.564. The molecule has 3 aliphatic rings. The molecule has 0 aliphatic carbocycles. The molecule has 3 fully saturated rings. The predicted molar refractivity (Wildman–Crippen MR) is 131 cm³/mol. The van der Waals surface area contributed by atoms with Crippen LogP contribution in [0.3, 0.4) is 0 Å². The van der Waals surface area contributed by atoms with E-state index in [0.29, 0.717) is 36.9 Å². The van der Waals surface area contributed by atoms with E-state index in [4.69, 9.17) is 9.97 Å². The Hall–Kier alpha value is -2.80. The highest BCUT2D eigenvalue weighted by atomic mass is 16.2. The number of hydrogen-bond acceptors (Lipinski definition) is 5. The average molecular weight is 449 g/mol. The van der Waals surface area contributed by atoms with E-state index in [2.05, 4.69) is 47.0 Å². The van der Waals surface area contributed by atoms with Gasteiger partial charge in [-0.25, -0.2) is 14.8 Å². The van der Waals surface area contributed by atoms with Crippen molar-refractivity contribution in [1.82, 2.24) is 30.5 Å². The van der Waals surface area contributed by atoms with Gasteiger partial charge in [0.15, 0.2) is 5.82 Å². The zero-order valence-electron chi connectivity index (χ0n) is 19.8. The Balaban J connectivity index is 1.54. The molecule has 7 heteroatoms. The molecule has 33 heavy (non-hydrogen) atoms. The maximum Gasteiger partial charge on any atom is 0.315 e. The smallest absolute Gasteiger partial charge is 0.315 e. The lowest BCUT2D eigenvalue weighted by Crippen LogP contribution is -2.56. The lowest BCUT2D eigenvalue weighted by molar-refractivity contribution is 0.0305. The van der Waals surface area contributed by atoms with Crippen LogP contribution < -0.4 is 10.6 Å². The molecule has 0 saturated carbocycles. The number of carbonyl (C=O) groups is 1. The van der Waals surface area contributed by atoms with Gasteiger partial charge in [0.2, 0.25) is 0 Å². The molecule has 2 bridgehead atoms. The first-order valence-corrected chi connectivity index (χ1v) is 12.3. The number of rotatable bonds is 9. The van der Waals surface area contributed by atoms with Crippen molar-refractivity contribution in [3.8, 4) is 11.4 Å². The lowest BCUT2D eigenvalue weighted by Gasteiger charge is -2.49. The number of pyridine rings is 1. The van der Waals surface area contributed by atoms with E-state index in [-0.39, 0.29) is 6.03 Å². The van der Waals surface area contributed by atoms with Crippen LogP contribution in [0.25, 0.3) is 11.4 Å². The van der Waals surface area contributed by atoms with Crippen molar-refractivity contribution >= 4 is 6.03 Å². The van der Waals surface area contributed by atoms with Gasteiger partial charge in [-0.05, 0) is 56.3 Å². The van der Waals surface area contributed by atoms with Gasteiger partial charge in [0.05, 0.1) is 0 Å². The largest absolute Gasteiger partial charge is 0.337 e. The summed E-state index contributed by atoms with van der Waals surface area (Å²) in [5.41, 5.74) is 3.35. The Kier molecular flexibility index (Phi) is 7.70. The minimum absolute atomic E-state index is 0.123. The van der Waals surface area contributed by atoms with E-state index in [0.717, 1.165) is 49.4 Å². The van der Waals surface area contributed by atoms with Crippen LogP contribution in [0.1, 0.15) is 62.8 Å². The number of aromatic nitrogens is 3. The first kappa shape index (κ1) is 23.4. The van der Waals surface area contributed by atoms with Crippen LogP contribution in [0.15, 0.2) is 43.2 Å². The maximum atomic E-state index is 12.0. The minimum atomic E-state index is -0.123. The second-order valence-corrected chi connectivity index (χ2v) is 9.21. The van der Waals surface area contributed by atoms with Crippen LogP contribution in [0, 0.1) is 5.92 Å². The van der Waals surface area contributed by atoms with Crippen LogP contribution in [0.5, 0.6) is 0 Å². The highest BCUT2D eigenvalue weighted by Gasteiger charge is 2.41. The van der Waals surface area contributed by atoms with E-state index in [1.54, 1.807) is 18.5 Å². The molecule has 3 aliphatic heterocycles. The van der Waals surface area contributed by atoms with Crippen molar-refractivity contribution in [3.05, 3.63) is 54.6 Å². The molecule has 3 saturated heterocycles. The molecular formula is C26H36N6O. The van der Waals surface area contributed by atoms with Crippen LogP contribution in [-0.2, 0) is 0 Å². The third kappa shape index (κ3) is 5.41. The molecule has 0 aromatic carbocycles. The van der Waals surface area contributed by atoms with E-state index in [1.165, 1.54) is 12.1 Å². The summed E-state index contributed by atoms with van der Waals surface area (Å²) in [5.74, 6) is 2.24. The first-order valence-electron chi connectivity index (χ1n) is 12.3. The molecule has 5 heterocycles. The molecule has 5 rings (SSSR count). The van der Waals surface area contributed by atoms with E-state index < -0.39 is 0 Å². The third-order valence-corrected chi connectivity index (χ3v) is 7.27. The fourth-order valence-corrected chi connectivity index (χ4v) is 5.35. The Morgan fingerprint density at radius 2 is 2.03 bits per heavy atom. The molecular weight excluding hydrogens is 412 g/mol. The van der Waals surface area contributed by atoms with Gasteiger partial charge in [0.25, 0.3) is 0 Å². The van der Waals surface area contributed by atoms with Gasteiger partial charge < -0.3 is 10.6 Å². The van der Waals surface area contributed by atoms with Crippen molar-refractivity contribution < 1.29 is 4.79 Å². The molecule has 1 unspecified atom stereocenters. The number of nitrogens with zero attached hydrogens (tertiary/aromatic N) is 4. The van der Waals surface area contributed by atoms with Crippen LogP contribution in [0.2, 0.25) is 0 Å². The van der Waals surface area contributed by atoms with Gasteiger partial charge in [-0.3, -0.25) is 9.88 Å². The summed E-state index contributed by atoms with van der Waals surface area (Å²) >= 11 is 0. The molecule has 4 atom stereocenters. The van der Waals surface area contributed by atoms with Gasteiger partial charge in [-0.15, -0.1) is 6.58 Å². The summed E-state index contributed by atoms with van der Waals surface area (Å²) in [4.78, 5) is 28.7. The van der Waals surface area contributed by atoms with E-state index in [1.807, 2.05) is 12.1 Å². The van der Waals surface area contributed by atoms with Crippen LogP contribution in [-0.4, -0.2) is 58.1 Å². The first-order chi connectivity index (χ1) is 16.1. The summed E-state index contributed by atoms with van der Waals surface area (Å²) in [6.07, 6.45) is 9.71. The van der Waals surface area contributed by atoms with Crippen molar-refractivity contribution in [2.75, 3.05) is 26.2 Å². The molecule has 7 nitrogen and oxygen atoms in total. The standard InChI is InChI=1S/C26H36N6O/c1-4-10-28-26(33)29-16-21-14-20-9-13-32(21)17-22(20)24-15-23(18(5-2)6-3)30-25(31-24)19-7-11-27-12-8-19/h4,7-8,11-12,15,18,20-22H,1,5-6,9-10,13-14,16-17H2,2-3H3,(H2,28,29,33)/t20-,21+,22+/m0/s1. The summed E-state index contributed by atoms with van der Waals surface area (Å²) in [6, 6.07) is 6.51. The molecule has 2 aromatic heterocycles. The highest BCUT2D eigenvalue weighted by Crippen LogP contribution is 2.42. The highest BCUT2D eigenvalue weighted by molar-refractivity contribution is 5.74. The maximum absolute atomic E-state index is 12.0. The van der Waals surface area contributed by atoms with Gasteiger partial charge in [-0.2, -0.15) is 0 Å². The topological polar surface area (TPSA) is 83.0 Å². The Morgan fingerprint density at radius 3 is 2.70 bits per heavy atom. The fourth-order valence-electron chi connectivity index (χ4n) is 5.35. The number of hydrogen-bond donors (Lipinski definition) is 2. The number of carbonyl (C=O) groups excluding carboxylic acids is 1. The van der Waals surface area contributed by atoms with Crippen molar-refractivity contribution in [3.63, 3.8) is 0 Å². The predicted octanol–water partition coefficient (Wildman–Crippen LogP) is 4.11. The number of amides is 2. The summed E-state index contributed by atoms with van der Waals surface area (Å²) in [6.45, 7) is 11.3. The van der Waals surface area contributed by atoms with Crippen molar-refractivity contribution in [1.29, 1.82) is 0 Å². The Bertz CT molecular complexity index is 945. The normalized spacial score (nSPS) is 24.0. The molecule has 176 valence electrons. The fraction of sp³-hybridized carbons (Fsp3) is 0.538. The third-order valence-electron chi connectivity index (χ3n) is 7.27. The molecule has 2 N–H and O–H groups in total. The Morgan fingerprint density at radius 1 is 1.24 bits per heavy atom. The van der Waals surface area contributed by atoms with Gasteiger partial charge in [0.1, 0.15) is 0 Å². The summed E-state index contributed by atoms with van der Waals surface area (Å²) in [7, 11) is 0. The van der Waals surface area contributed by atoms with E-state index >= 15 is 0 Å². The van der Waals surface area contributed by atoms with Crippen LogP contribution in [0.4, 0.5) is 4.79 Å². The van der Waals surface area contributed by atoms with Gasteiger partial charge >= 0.3 is 6.03 Å². The zero-order chi connectivity index (χ0) is 23.2. The molecule has 2 amide bonds. The van der Waals surface area contributed by atoms with Gasteiger partial charge in [0, 0.05) is 66.9 Å². The molecule has 0 spiro atoms. The molecule has 0 radical (unpaired) electrons. The number of piperidine rings is 3. The SMILES string of the molecule is C=CCNC(=O)NC[C@H]1C[C@@H]2CCN1C[C@H]2c1cc(C(CC)CC)nc(-c2ccncc2)n1. The van der Waals surface area contributed by atoms with Crippen molar-refractivity contribution in [2.45, 2.75) is 57.4 Å². The lowest BCUT2D eigenvalue weighted by atomic mass is 9.74. The van der Waals surface area contributed by atoms with Crippen LogP contribution >= 0.6 is 0 Å². The second-order valence-electron chi connectivity index (χ2n) is 9.21. The molecule has 2 aromatic rings. The summed E-state index contributed by atoms with van der Waals surface area (Å²) < 4.78 is 0. The summed E-state index contributed by atoms with van der Waals surface area (Å²) in [5, 5.41) is 5.82. The zero-order valence-corrected chi connectivity index (χ0v) is 19.8. The average Bonchev–Trinajstić information content (AvgIpc) is 2.87. The number of fused-ring (bicyclic) bond motifs is 3. The second kappa shape index (κ2) is 10.9. The monoisotopic (exact) mass is 448 g/mol. The van der Waals surface area contributed by atoms with Gasteiger partial charge in [-0.1, -0.05) is 19.9 Å². The number of urea groups is 1. The van der Waals surface area contributed by atoms with Crippen molar-refractivity contribution in [2.24, 2.45) is 5.92 Å². The Labute approximate surface area is 197 Å². The number of nitrogens with one attached hydrogen (secondary N) is 2. The van der Waals surface area contributed by atoms with E-state index in [9.17, 15) is 4.79 Å². The minimum Gasteiger partial charge on any atom is -0.337 e.